The van der Waals surface area contributed by atoms with Gasteiger partial charge in [0.2, 0.25) is 0 Å². The summed E-state index contributed by atoms with van der Waals surface area (Å²) in [4.78, 5) is 26.5. The van der Waals surface area contributed by atoms with Gasteiger partial charge < -0.3 is 8.92 Å². The van der Waals surface area contributed by atoms with E-state index < -0.39 is 21.8 Å². The third-order valence-electron chi connectivity index (χ3n) is 5.12. The van der Waals surface area contributed by atoms with E-state index in [9.17, 15) is 22.4 Å². The fourth-order valence-corrected chi connectivity index (χ4v) is 5.05. The van der Waals surface area contributed by atoms with Gasteiger partial charge in [-0.1, -0.05) is 35.9 Å². The Labute approximate surface area is 206 Å². The number of aryl methyl sites for hydroxylation is 1. The highest BCUT2D eigenvalue weighted by Crippen LogP contribution is 2.36. The minimum Gasteiger partial charge on any atom is -0.493 e. The molecule has 3 aromatic carbocycles. The van der Waals surface area contributed by atoms with Crippen molar-refractivity contribution in [3.8, 4) is 11.5 Å². The number of nitrogens with zero attached hydrogens (tertiary/aromatic N) is 1. The van der Waals surface area contributed by atoms with Crippen LogP contribution in [0, 0.1) is 12.7 Å². The zero-order chi connectivity index (χ0) is 25.2. The highest BCUT2D eigenvalue weighted by Gasteiger charge is 2.35. The monoisotopic (exact) mass is 513 g/mol. The van der Waals surface area contributed by atoms with Crippen LogP contribution in [0.1, 0.15) is 16.7 Å². The number of imide groups is 1. The number of thioether (sulfide) groups is 1. The van der Waals surface area contributed by atoms with Gasteiger partial charge in [-0.15, -0.1) is 0 Å². The Kier molecular flexibility index (Phi) is 6.95. The van der Waals surface area contributed by atoms with Crippen molar-refractivity contribution in [1.82, 2.24) is 4.90 Å². The van der Waals surface area contributed by atoms with Crippen molar-refractivity contribution < 1.29 is 31.3 Å². The molecule has 0 aliphatic carbocycles. The molecular weight excluding hydrogens is 493 g/mol. The molecule has 2 amide bonds. The van der Waals surface area contributed by atoms with E-state index >= 15 is 0 Å². The van der Waals surface area contributed by atoms with Gasteiger partial charge in [-0.3, -0.25) is 14.5 Å². The van der Waals surface area contributed by atoms with Gasteiger partial charge in [0, 0.05) is 0 Å². The summed E-state index contributed by atoms with van der Waals surface area (Å²) >= 11 is 0.825. The first-order valence-electron chi connectivity index (χ1n) is 10.4. The molecule has 1 heterocycles. The summed E-state index contributed by atoms with van der Waals surface area (Å²) in [7, 11) is -2.89. The van der Waals surface area contributed by atoms with E-state index in [1.807, 2.05) is 31.2 Å². The topological polar surface area (TPSA) is 90.0 Å². The van der Waals surface area contributed by atoms with E-state index in [2.05, 4.69) is 0 Å². The van der Waals surface area contributed by atoms with Crippen molar-refractivity contribution in [1.29, 1.82) is 0 Å². The van der Waals surface area contributed by atoms with Gasteiger partial charge in [-0.25, -0.2) is 4.39 Å². The summed E-state index contributed by atoms with van der Waals surface area (Å²) in [6, 6.07) is 16.2. The molecule has 1 aliphatic rings. The van der Waals surface area contributed by atoms with Crippen LogP contribution in [-0.4, -0.2) is 31.6 Å². The number of ether oxygens (including phenoxy) is 1. The van der Waals surface area contributed by atoms with Crippen molar-refractivity contribution in [2.24, 2.45) is 0 Å². The van der Waals surface area contributed by atoms with E-state index in [0.29, 0.717) is 5.56 Å². The van der Waals surface area contributed by atoms with Gasteiger partial charge in [0.1, 0.15) is 10.7 Å². The molecular formula is C25H20FNO6S2. The number of carbonyl (C=O) groups is 2. The fourth-order valence-electron chi connectivity index (χ4n) is 3.27. The zero-order valence-corrected chi connectivity index (χ0v) is 20.4. The maximum atomic E-state index is 13.1. The van der Waals surface area contributed by atoms with Gasteiger partial charge in [-0.2, -0.15) is 8.42 Å². The standard InChI is InChI=1S/C25H20FNO6S2/c1-16-3-5-17(6-4-16)15-27-24(28)23(34-25(27)29)14-18-7-12-21(22(13-18)32-2)33-35(30,31)20-10-8-19(26)9-11-20/h3-14H,15H2,1-2H3/b23-14-. The first kappa shape index (κ1) is 24.5. The van der Waals surface area contributed by atoms with Crippen LogP contribution >= 0.6 is 11.8 Å². The average molecular weight is 514 g/mol. The molecule has 0 aromatic heterocycles. The number of methoxy groups -OCH3 is 1. The summed E-state index contributed by atoms with van der Waals surface area (Å²) in [5, 5.41) is -0.376. The molecule has 0 atom stereocenters. The molecule has 0 unspecified atom stereocenters. The lowest BCUT2D eigenvalue weighted by Crippen LogP contribution is -2.27. The molecule has 0 radical (unpaired) electrons. The second-order valence-corrected chi connectivity index (χ2v) is 10.2. The average Bonchev–Trinajstić information content (AvgIpc) is 3.08. The second kappa shape index (κ2) is 9.93. The van der Waals surface area contributed by atoms with Gasteiger partial charge >= 0.3 is 10.1 Å². The van der Waals surface area contributed by atoms with Crippen molar-refractivity contribution in [3.63, 3.8) is 0 Å². The number of amides is 2. The Morgan fingerprint density at radius 3 is 2.31 bits per heavy atom. The van der Waals surface area contributed by atoms with Crippen LogP contribution in [0.15, 0.2) is 76.5 Å². The molecule has 0 spiro atoms. The lowest BCUT2D eigenvalue weighted by molar-refractivity contribution is -0.123. The molecule has 180 valence electrons. The van der Waals surface area contributed by atoms with Crippen molar-refractivity contribution in [2.45, 2.75) is 18.4 Å². The second-order valence-electron chi connectivity index (χ2n) is 7.66. The predicted octanol–water partition coefficient (Wildman–Crippen LogP) is 5.15. The Morgan fingerprint density at radius 2 is 1.66 bits per heavy atom. The van der Waals surface area contributed by atoms with Crippen LogP contribution in [0.4, 0.5) is 9.18 Å². The fraction of sp³-hybridized carbons (Fsp3) is 0.120. The Hall–Kier alpha value is -3.63. The molecule has 4 rings (SSSR count). The summed E-state index contributed by atoms with van der Waals surface area (Å²) in [5.74, 6) is -0.974. The Morgan fingerprint density at radius 1 is 0.971 bits per heavy atom. The predicted molar refractivity (Wildman–Crippen MR) is 130 cm³/mol. The third kappa shape index (κ3) is 5.55. The zero-order valence-electron chi connectivity index (χ0n) is 18.7. The van der Waals surface area contributed by atoms with E-state index in [-0.39, 0.29) is 33.1 Å². The van der Waals surface area contributed by atoms with Crippen LogP contribution in [0.2, 0.25) is 0 Å². The molecule has 1 aliphatic heterocycles. The first-order valence-corrected chi connectivity index (χ1v) is 12.6. The highest BCUT2D eigenvalue weighted by molar-refractivity contribution is 8.18. The maximum Gasteiger partial charge on any atom is 0.339 e. The summed E-state index contributed by atoms with van der Waals surface area (Å²) in [6.07, 6.45) is 1.53. The molecule has 1 fully saturated rings. The molecule has 0 saturated carbocycles. The van der Waals surface area contributed by atoms with E-state index in [1.165, 1.54) is 36.3 Å². The number of hydrogen-bond donors (Lipinski definition) is 0. The smallest absolute Gasteiger partial charge is 0.339 e. The van der Waals surface area contributed by atoms with Crippen LogP contribution in [0.3, 0.4) is 0 Å². The quantitative estimate of drug-likeness (QED) is 0.319. The Bertz CT molecular complexity index is 1420. The number of benzene rings is 3. The number of hydrogen-bond acceptors (Lipinski definition) is 7. The highest BCUT2D eigenvalue weighted by atomic mass is 32.2. The lowest BCUT2D eigenvalue weighted by atomic mass is 10.1. The van der Waals surface area contributed by atoms with Gasteiger partial charge in [0.25, 0.3) is 11.1 Å². The minimum atomic E-state index is -4.23. The SMILES string of the molecule is COc1cc(/C=C2\SC(=O)N(Cc3ccc(C)cc3)C2=O)ccc1OS(=O)(=O)c1ccc(F)cc1. The van der Waals surface area contributed by atoms with Crippen LogP contribution in [-0.2, 0) is 21.5 Å². The molecule has 0 bridgehead atoms. The van der Waals surface area contributed by atoms with E-state index in [0.717, 1.165) is 47.2 Å². The van der Waals surface area contributed by atoms with Gasteiger partial charge in [-0.05, 0) is 72.3 Å². The van der Waals surface area contributed by atoms with Crippen molar-refractivity contribution in [3.05, 3.63) is 94.1 Å². The van der Waals surface area contributed by atoms with Gasteiger partial charge in [0.15, 0.2) is 11.5 Å². The molecule has 3 aromatic rings. The lowest BCUT2D eigenvalue weighted by Gasteiger charge is -2.12. The van der Waals surface area contributed by atoms with Crippen LogP contribution < -0.4 is 8.92 Å². The van der Waals surface area contributed by atoms with Crippen molar-refractivity contribution in [2.75, 3.05) is 7.11 Å². The number of rotatable bonds is 7. The number of halogens is 1. The molecule has 35 heavy (non-hydrogen) atoms. The summed E-state index contributed by atoms with van der Waals surface area (Å²) in [6.45, 7) is 2.12. The van der Waals surface area contributed by atoms with Crippen LogP contribution in [0.5, 0.6) is 11.5 Å². The van der Waals surface area contributed by atoms with E-state index in [4.69, 9.17) is 8.92 Å². The molecule has 10 heteroatoms. The minimum absolute atomic E-state index is 0.0820. The summed E-state index contributed by atoms with van der Waals surface area (Å²) in [5.41, 5.74) is 2.42. The number of carbonyl (C=O) groups excluding carboxylic acids is 2. The Balaban J connectivity index is 1.54. The largest absolute Gasteiger partial charge is 0.493 e. The normalized spacial score (nSPS) is 15.1. The molecule has 0 N–H and O–H groups in total. The first-order chi connectivity index (χ1) is 16.7. The maximum absolute atomic E-state index is 13.1. The van der Waals surface area contributed by atoms with Crippen LogP contribution in [0.25, 0.3) is 6.08 Å². The summed E-state index contributed by atoms with van der Waals surface area (Å²) < 4.78 is 48.6. The van der Waals surface area contributed by atoms with E-state index in [1.54, 1.807) is 0 Å². The molecule has 7 nitrogen and oxygen atoms in total. The molecule has 1 saturated heterocycles. The van der Waals surface area contributed by atoms with Crippen molar-refractivity contribution >= 4 is 39.1 Å². The third-order valence-corrected chi connectivity index (χ3v) is 7.28. The van der Waals surface area contributed by atoms with Gasteiger partial charge in [0.05, 0.1) is 18.6 Å².